The van der Waals surface area contributed by atoms with Gasteiger partial charge in [0.15, 0.2) is 0 Å². The SMILES string of the molecule is C=C1NN(CCC(=O)N2CCc3ccccc32)C(=O)C(C#N)=C1C. The summed E-state index contributed by atoms with van der Waals surface area (Å²) >= 11 is 0. The van der Waals surface area contributed by atoms with Gasteiger partial charge >= 0.3 is 0 Å². The van der Waals surface area contributed by atoms with Gasteiger partial charge in [0.05, 0.1) is 12.2 Å². The number of anilines is 1. The second kappa shape index (κ2) is 6.20. The van der Waals surface area contributed by atoms with Gasteiger partial charge in [0.1, 0.15) is 11.6 Å². The summed E-state index contributed by atoms with van der Waals surface area (Å²) in [7, 11) is 0. The maximum Gasteiger partial charge on any atom is 0.283 e. The highest BCUT2D eigenvalue weighted by Gasteiger charge is 2.29. The van der Waals surface area contributed by atoms with Crippen molar-refractivity contribution >= 4 is 17.5 Å². The number of fused-ring (bicyclic) bond motifs is 1. The minimum absolute atomic E-state index is 0.0371. The standard InChI is InChI=1S/C18H18N4O2/c1-12-13(2)20-22(18(24)15(12)11-19)10-8-17(23)21-9-7-14-5-3-4-6-16(14)21/h3-6,20H,2,7-10H2,1H3. The van der Waals surface area contributed by atoms with Crippen molar-refractivity contribution in [2.24, 2.45) is 0 Å². The summed E-state index contributed by atoms with van der Waals surface area (Å²) in [5, 5.41) is 10.4. The molecule has 6 nitrogen and oxygen atoms in total. The Morgan fingerprint density at radius 1 is 1.42 bits per heavy atom. The lowest BCUT2D eigenvalue weighted by Crippen LogP contribution is -2.48. The Hall–Kier alpha value is -3.07. The van der Waals surface area contributed by atoms with Crippen LogP contribution in [0.25, 0.3) is 0 Å². The number of para-hydroxylation sites is 1. The van der Waals surface area contributed by atoms with Crippen LogP contribution in [-0.2, 0) is 16.0 Å². The number of nitrogens with zero attached hydrogens (tertiary/aromatic N) is 3. The Kier molecular flexibility index (Phi) is 4.09. The number of benzene rings is 1. The fourth-order valence-electron chi connectivity index (χ4n) is 2.97. The number of carbonyl (C=O) groups excluding carboxylic acids is 2. The second-order valence-corrected chi connectivity index (χ2v) is 5.83. The van der Waals surface area contributed by atoms with Crippen LogP contribution in [0.15, 0.2) is 47.7 Å². The van der Waals surface area contributed by atoms with E-state index in [4.69, 9.17) is 5.26 Å². The maximum atomic E-state index is 12.5. The van der Waals surface area contributed by atoms with Crippen molar-refractivity contribution in [3.05, 3.63) is 53.3 Å². The zero-order valence-electron chi connectivity index (χ0n) is 13.5. The van der Waals surface area contributed by atoms with Gasteiger partial charge in [-0.2, -0.15) is 5.26 Å². The van der Waals surface area contributed by atoms with Crippen LogP contribution in [0.5, 0.6) is 0 Å². The van der Waals surface area contributed by atoms with Crippen molar-refractivity contribution in [3.8, 4) is 6.07 Å². The molecule has 1 N–H and O–H groups in total. The molecule has 1 aromatic rings. The zero-order chi connectivity index (χ0) is 17.3. The van der Waals surface area contributed by atoms with E-state index in [1.165, 1.54) is 5.01 Å². The van der Waals surface area contributed by atoms with Crippen LogP contribution in [0.1, 0.15) is 18.9 Å². The van der Waals surface area contributed by atoms with Gasteiger partial charge in [0, 0.05) is 18.7 Å². The number of nitriles is 1. The van der Waals surface area contributed by atoms with Crippen molar-refractivity contribution < 1.29 is 9.59 Å². The molecule has 0 saturated carbocycles. The van der Waals surface area contributed by atoms with Gasteiger partial charge in [-0.3, -0.25) is 20.0 Å². The van der Waals surface area contributed by atoms with Crippen molar-refractivity contribution in [1.82, 2.24) is 10.4 Å². The molecular weight excluding hydrogens is 304 g/mol. The first-order chi connectivity index (χ1) is 11.5. The first kappa shape index (κ1) is 15.8. The van der Waals surface area contributed by atoms with E-state index in [0.29, 0.717) is 17.8 Å². The number of hydrogen-bond acceptors (Lipinski definition) is 4. The van der Waals surface area contributed by atoms with Crippen LogP contribution in [0.3, 0.4) is 0 Å². The molecule has 0 fully saturated rings. The normalized spacial score (nSPS) is 16.8. The molecule has 2 amide bonds. The number of amides is 2. The van der Waals surface area contributed by atoms with Gasteiger partial charge in [-0.1, -0.05) is 24.8 Å². The predicted molar refractivity (Wildman–Crippen MR) is 89.4 cm³/mol. The maximum absolute atomic E-state index is 12.5. The Labute approximate surface area is 140 Å². The van der Waals surface area contributed by atoms with E-state index in [1.807, 2.05) is 30.3 Å². The Balaban J connectivity index is 1.67. The third-order valence-corrected chi connectivity index (χ3v) is 4.41. The Bertz CT molecular complexity index is 803. The minimum Gasteiger partial charge on any atom is -0.312 e. The van der Waals surface area contributed by atoms with E-state index < -0.39 is 5.91 Å². The summed E-state index contributed by atoms with van der Waals surface area (Å²) < 4.78 is 0. The van der Waals surface area contributed by atoms with Crippen molar-refractivity contribution in [1.29, 1.82) is 5.26 Å². The van der Waals surface area contributed by atoms with E-state index in [1.54, 1.807) is 11.8 Å². The molecule has 0 bridgehead atoms. The first-order valence-electron chi connectivity index (χ1n) is 7.80. The molecule has 122 valence electrons. The molecule has 3 rings (SSSR count). The highest BCUT2D eigenvalue weighted by Crippen LogP contribution is 2.28. The van der Waals surface area contributed by atoms with Crippen molar-refractivity contribution in [2.45, 2.75) is 19.8 Å². The number of carbonyl (C=O) groups is 2. The lowest BCUT2D eigenvalue weighted by Gasteiger charge is -2.30. The van der Waals surface area contributed by atoms with Crippen LogP contribution < -0.4 is 10.3 Å². The average Bonchev–Trinajstić information content (AvgIpc) is 3.01. The van der Waals surface area contributed by atoms with Gasteiger partial charge in [0.25, 0.3) is 5.91 Å². The van der Waals surface area contributed by atoms with Crippen LogP contribution >= 0.6 is 0 Å². The lowest BCUT2D eigenvalue weighted by atomic mass is 10.1. The Morgan fingerprint density at radius 3 is 2.92 bits per heavy atom. The number of allylic oxidation sites excluding steroid dienone is 1. The number of nitrogens with one attached hydrogen (secondary N) is 1. The molecule has 0 spiro atoms. The van der Waals surface area contributed by atoms with Gasteiger partial charge in [-0.05, 0) is 30.5 Å². The molecule has 0 aromatic heterocycles. The summed E-state index contributed by atoms with van der Waals surface area (Å²) in [6, 6.07) is 9.75. The topological polar surface area (TPSA) is 76.4 Å². The minimum atomic E-state index is -0.419. The van der Waals surface area contributed by atoms with E-state index in [-0.39, 0.29) is 24.4 Å². The fourth-order valence-corrected chi connectivity index (χ4v) is 2.97. The lowest BCUT2D eigenvalue weighted by molar-refractivity contribution is -0.130. The molecule has 0 unspecified atom stereocenters. The number of rotatable bonds is 3. The number of hydrazine groups is 1. The van der Waals surface area contributed by atoms with Gasteiger partial charge in [-0.15, -0.1) is 0 Å². The van der Waals surface area contributed by atoms with Crippen LogP contribution in [0.2, 0.25) is 0 Å². The van der Waals surface area contributed by atoms with E-state index in [2.05, 4.69) is 12.0 Å². The first-order valence-corrected chi connectivity index (χ1v) is 7.80. The summed E-state index contributed by atoms with van der Waals surface area (Å²) in [6.45, 7) is 6.33. The molecule has 0 aliphatic carbocycles. The molecule has 2 aliphatic heterocycles. The predicted octanol–water partition coefficient (Wildman–Crippen LogP) is 1.67. The van der Waals surface area contributed by atoms with E-state index in [9.17, 15) is 9.59 Å². The Morgan fingerprint density at radius 2 is 2.17 bits per heavy atom. The molecule has 2 heterocycles. The monoisotopic (exact) mass is 322 g/mol. The van der Waals surface area contributed by atoms with Crippen molar-refractivity contribution in [2.75, 3.05) is 18.0 Å². The summed E-state index contributed by atoms with van der Waals surface area (Å²) in [4.78, 5) is 26.5. The highest BCUT2D eigenvalue weighted by atomic mass is 16.2. The zero-order valence-corrected chi connectivity index (χ0v) is 13.5. The second-order valence-electron chi connectivity index (χ2n) is 5.83. The van der Waals surface area contributed by atoms with Gasteiger partial charge in [-0.25, -0.2) is 0 Å². The number of hydrogen-bond donors (Lipinski definition) is 1. The molecule has 2 aliphatic rings. The fraction of sp³-hybridized carbons (Fsp3) is 0.278. The molecule has 0 saturated heterocycles. The van der Waals surface area contributed by atoms with Crippen LogP contribution in [-0.4, -0.2) is 29.9 Å². The quantitative estimate of drug-likeness (QED) is 0.918. The van der Waals surface area contributed by atoms with Crippen molar-refractivity contribution in [3.63, 3.8) is 0 Å². The molecule has 1 aromatic carbocycles. The van der Waals surface area contributed by atoms with E-state index >= 15 is 0 Å². The van der Waals surface area contributed by atoms with Crippen LogP contribution in [0, 0.1) is 11.3 Å². The third kappa shape index (κ3) is 2.65. The highest BCUT2D eigenvalue weighted by molar-refractivity contribution is 6.00. The van der Waals surface area contributed by atoms with Gasteiger partial charge in [0.2, 0.25) is 5.91 Å². The summed E-state index contributed by atoms with van der Waals surface area (Å²) in [5.74, 6) is -0.457. The smallest absolute Gasteiger partial charge is 0.283 e. The average molecular weight is 322 g/mol. The van der Waals surface area contributed by atoms with E-state index in [0.717, 1.165) is 17.7 Å². The van der Waals surface area contributed by atoms with Crippen LogP contribution in [0.4, 0.5) is 5.69 Å². The molecular formula is C18H18N4O2. The third-order valence-electron chi connectivity index (χ3n) is 4.41. The molecule has 0 radical (unpaired) electrons. The molecule has 24 heavy (non-hydrogen) atoms. The molecule has 6 heteroatoms. The molecule has 0 atom stereocenters. The summed E-state index contributed by atoms with van der Waals surface area (Å²) in [5.41, 5.74) is 6.07. The largest absolute Gasteiger partial charge is 0.312 e. The summed E-state index contributed by atoms with van der Waals surface area (Å²) in [6.07, 6.45) is 1.03. The van der Waals surface area contributed by atoms with Gasteiger partial charge < -0.3 is 4.90 Å².